The predicted molar refractivity (Wildman–Crippen MR) is 111 cm³/mol. The van der Waals surface area contributed by atoms with E-state index in [1.807, 2.05) is 41.3 Å². The number of hydrogen-bond donors (Lipinski definition) is 1. The van der Waals surface area contributed by atoms with E-state index in [0.717, 1.165) is 41.4 Å². The Kier molecular flexibility index (Phi) is 5.39. The Balaban J connectivity index is 1.32. The van der Waals surface area contributed by atoms with E-state index in [1.165, 1.54) is 0 Å². The van der Waals surface area contributed by atoms with Crippen LogP contribution in [0, 0.1) is 0 Å². The minimum Gasteiger partial charge on any atom is -0.495 e. The fourth-order valence-corrected chi connectivity index (χ4v) is 3.80. The number of imidazole rings is 1. The molecule has 2 aromatic carbocycles. The normalized spacial score (nSPS) is 14.5. The highest BCUT2D eigenvalue weighted by Crippen LogP contribution is 2.28. The molecule has 0 bridgehead atoms. The Labute approximate surface area is 169 Å². The van der Waals surface area contributed by atoms with E-state index in [4.69, 9.17) is 16.3 Å². The lowest BCUT2D eigenvalue weighted by atomic mass is 10.2. The quantitative estimate of drug-likeness (QED) is 0.714. The average Bonchev–Trinajstić information content (AvgIpc) is 3.14. The van der Waals surface area contributed by atoms with Crippen molar-refractivity contribution < 1.29 is 9.53 Å². The number of fused-ring (bicyclic) bond motifs is 1. The Morgan fingerprint density at radius 2 is 1.96 bits per heavy atom. The monoisotopic (exact) mass is 398 g/mol. The summed E-state index contributed by atoms with van der Waals surface area (Å²) >= 11 is 6.01. The van der Waals surface area contributed by atoms with Crippen LogP contribution in [0.2, 0.25) is 5.02 Å². The second-order valence-electron chi connectivity index (χ2n) is 6.88. The summed E-state index contributed by atoms with van der Waals surface area (Å²) in [5.41, 5.74) is 2.86. The molecule has 0 unspecified atom stereocenters. The number of aromatic nitrogens is 2. The van der Waals surface area contributed by atoms with E-state index < -0.39 is 0 Å². The van der Waals surface area contributed by atoms with E-state index in [-0.39, 0.29) is 5.91 Å². The lowest BCUT2D eigenvalue weighted by Crippen LogP contribution is -2.49. The maximum atomic E-state index is 12.6. The number of nitrogens with one attached hydrogen (secondary N) is 1. The van der Waals surface area contributed by atoms with Gasteiger partial charge in [-0.2, -0.15) is 0 Å². The number of methoxy groups -OCH3 is 1. The van der Waals surface area contributed by atoms with Crippen molar-refractivity contribution >= 4 is 34.2 Å². The fourth-order valence-electron chi connectivity index (χ4n) is 3.62. The van der Waals surface area contributed by atoms with Gasteiger partial charge in [0.15, 0.2) is 0 Å². The molecule has 6 nitrogen and oxygen atoms in total. The number of anilines is 1. The second kappa shape index (κ2) is 8.10. The highest BCUT2D eigenvalue weighted by molar-refractivity contribution is 6.31. The van der Waals surface area contributed by atoms with Crippen LogP contribution in [0.4, 0.5) is 5.69 Å². The van der Waals surface area contributed by atoms with Crippen LogP contribution in [0.15, 0.2) is 42.5 Å². The first-order chi connectivity index (χ1) is 13.6. The van der Waals surface area contributed by atoms with Gasteiger partial charge in [0.2, 0.25) is 5.91 Å². The van der Waals surface area contributed by atoms with Gasteiger partial charge in [-0.05, 0) is 30.3 Å². The maximum absolute atomic E-state index is 12.6. The molecule has 1 fully saturated rings. The van der Waals surface area contributed by atoms with Gasteiger partial charge in [0.1, 0.15) is 11.6 Å². The summed E-state index contributed by atoms with van der Waals surface area (Å²) < 4.78 is 5.45. The van der Waals surface area contributed by atoms with Crippen LogP contribution in [0.3, 0.4) is 0 Å². The van der Waals surface area contributed by atoms with Crippen LogP contribution in [-0.4, -0.2) is 54.1 Å². The van der Waals surface area contributed by atoms with Crippen molar-refractivity contribution in [2.45, 2.75) is 12.8 Å². The van der Waals surface area contributed by atoms with E-state index in [1.54, 1.807) is 7.11 Å². The number of hydrogen-bond acceptors (Lipinski definition) is 4. The number of amides is 1. The number of nitrogens with zero attached hydrogens (tertiary/aromatic N) is 3. The van der Waals surface area contributed by atoms with Gasteiger partial charge in [0.25, 0.3) is 0 Å². The number of aryl methyl sites for hydroxylation is 1. The number of carbonyl (C=O) groups excluding carboxylic acids is 1. The highest BCUT2D eigenvalue weighted by Gasteiger charge is 2.22. The molecule has 4 rings (SSSR count). The molecule has 2 heterocycles. The molecule has 1 amide bonds. The van der Waals surface area contributed by atoms with Crippen molar-refractivity contribution in [3.05, 3.63) is 53.3 Å². The Hall–Kier alpha value is -2.73. The van der Waals surface area contributed by atoms with E-state index in [2.05, 4.69) is 20.9 Å². The van der Waals surface area contributed by atoms with Crippen LogP contribution < -0.4 is 9.64 Å². The third-order valence-electron chi connectivity index (χ3n) is 5.13. The number of rotatable bonds is 5. The van der Waals surface area contributed by atoms with Gasteiger partial charge in [-0.25, -0.2) is 4.98 Å². The summed E-state index contributed by atoms with van der Waals surface area (Å²) in [7, 11) is 1.69. The van der Waals surface area contributed by atoms with Crippen molar-refractivity contribution in [2.75, 3.05) is 38.2 Å². The first-order valence-corrected chi connectivity index (χ1v) is 9.82. The number of halogens is 1. The zero-order valence-corrected chi connectivity index (χ0v) is 16.6. The summed E-state index contributed by atoms with van der Waals surface area (Å²) in [5, 5.41) is 0.673. The highest BCUT2D eigenvalue weighted by atomic mass is 35.5. The first-order valence-electron chi connectivity index (χ1n) is 9.44. The van der Waals surface area contributed by atoms with Crippen molar-refractivity contribution in [3.63, 3.8) is 0 Å². The zero-order chi connectivity index (χ0) is 19.5. The number of piperazine rings is 1. The Morgan fingerprint density at radius 1 is 1.18 bits per heavy atom. The van der Waals surface area contributed by atoms with Gasteiger partial charge in [-0.1, -0.05) is 23.7 Å². The summed E-state index contributed by atoms with van der Waals surface area (Å²) in [6.45, 7) is 3.03. The average molecular weight is 399 g/mol. The van der Waals surface area contributed by atoms with Gasteiger partial charge in [0, 0.05) is 44.0 Å². The Bertz CT molecular complexity index is 979. The van der Waals surface area contributed by atoms with Gasteiger partial charge in [-0.3, -0.25) is 4.79 Å². The third-order valence-corrected chi connectivity index (χ3v) is 5.36. The number of para-hydroxylation sites is 2. The minimum atomic E-state index is 0.165. The number of ether oxygens (including phenoxy) is 1. The van der Waals surface area contributed by atoms with Gasteiger partial charge < -0.3 is 19.5 Å². The van der Waals surface area contributed by atoms with Crippen LogP contribution in [-0.2, 0) is 11.2 Å². The number of H-pyrrole nitrogens is 1. The van der Waals surface area contributed by atoms with Gasteiger partial charge in [-0.15, -0.1) is 0 Å². The molecule has 28 heavy (non-hydrogen) atoms. The maximum Gasteiger partial charge on any atom is 0.223 e. The molecule has 1 aromatic heterocycles. The van der Waals surface area contributed by atoms with Crippen molar-refractivity contribution in [3.8, 4) is 5.75 Å². The SMILES string of the molecule is COc1ccccc1N1CCN(C(=O)CCc2nc3ccc(Cl)cc3[nH]2)CC1. The predicted octanol–water partition coefficient (Wildman–Crippen LogP) is 3.51. The molecule has 0 aliphatic carbocycles. The molecule has 146 valence electrons. The molecule has 0 atom stereocenters. The largest absolute Gasteiger partial charge is 0.495 e. The lowest BCUT2D eigenvalue weighted by molar-refractivity contribution is -0.131. The standard InChI is InChI=1S/C21H23ClN4O2/c1-28-19-5-3-2-4-18(19)25-10-12-26(13-11-25)21(27)9-8-20-23-16-7-6-15(22)14-17(16)24-20/h2-7,14H,8-13H2,1H3,(H,23,24). The summed E-state index contributed by atoms with van der Waals surface area (Å²) in [6, 6.07) is 13.6. The number of carbonyl (C=O) groups is 1. The van der Waals surface area contributed by atoms with Crippen molar-refractivity contribution in [1.82, 2.24) is 14.9 Å². The molecule has 1 saturated heterocycles. The van der Waals surface area contributed by atoms with Gasteiger partial charge in [0.05, 0.1) is 23.8 Å². The summed E-state index contributed by atoms with van der Waals surface area (Å²) in [6.07, 6.45) is 1.04. The molecule has 1 N–H and O–H groups in total. The van der Waals surface area contributed by atoms with E-state index in [0.29, 0.717) is 31.0 Å². The smallest absolute Gasteiger partial charge is 0.223 e. The minimum absolute atomic E-state index is 0.165. The number of aromatic amines is 1. The van der Waals surface area contributed by atoms with Gasteiger partial charge >= 0.3 is 0 Å². The zero-order valence-electron chi connectivity index (χ0n) is 15.8. The first kappa shape index (κ1) is 18.6. The Morgan fingerprint density at radius 3 is 2.75 bits per heavy atom. The molecular weight excluding hydrogens is 376 g/mol. The van der Waals surface area contributed by atoms with Crippen LogP contribution in [0.1, 0.15) is 12.2 Å². The molecule has 3 aromatic rings. The third kappa shape index (κ3) is 3.92. The molecule has 7 heteroatoms. The molecule has 0 saturated carbocycles. The molecule has 0 radical (unpaired) electrons. The lowest BCUT2D eigenvalue weighted by Gasteiger charge is -2.36. The van der Waals surface area contributed by atoms with Crippen LogP contribution in [0.5, 0.6) is 5.75 Å². The topological polar surface area (TPSA) is 61.5 Å². The van der Waals surface area contributed by atoms with Crippen LogP contribution in [0.25, 0.3) is 11.0 Å². The molecule has 1 aliphatic rings. The van der Waals surface area contributed by atoms with E-state index in [9.17, 15) is 4.79 Å². The molecule has 1 aliphatic heterocycles. The summed E-state index contributed by atoms with van der Waals surface area (Å²) in [4.78, 5) is 24.6. The van der Waals surface area contributed by atoms with Crippen LogP contribution >= 0.6 is 11.6 Å². The molecule has 0 spiro atoms. The van der Waals surface area contributed by atoms with E-state index >= 15 is 0 Å². The fraction of sp³-hybridized carbons (Fsp3) is 0.333. The number of benzene rings is 2. The van der Waals surface area contributed by atoms with Crippen molar-refractivity contribution in [1.29, 1.82) is 0 Å². The second-order valence-corrected chi connectivity index (χ2v) is 7.32. The van der Waals surface area contributed by atoms with Crippen molar-refractivity contribution in [2.24, 2.45) is 0 Å². The molecular formula is C21H23ClN4O2. The summed E-state index contributed by atoms with van der Waals surface area (Å²) in [5.74, 6) is 1.85.